The van der Waals surface area contributed by atoms with Crippen LogP contribution in [0.25, 0.3) is 0 Å². The van der Waals surface area contributed by atoms with Gasteiger partial charge in [-0.25, -0.2) is 4.98 Å². The molecule has 0 unspecified atom stereocenters. The molecule has 6 heteroatoms. The highest BCUT2D eigenvalue weighted by Gasteiger charge is 2.14. The Morgan fingerprint density at radius 2 is 2.47 bits per heavy atom. The molecule has 0 amide bonds. The Bertz CT molecular complexity index is 348. The first-order valence-corrected chi connectivity index (χ1v) is 5.65. The van der Waals surface area contributed by atoms with Gasteiger partial charge in [0.15, 0.2) is 5.82 Å². The number of anilines is 1. The quantitative estimate of drug-likeness (QED) is 0.680. The van der Waals surface area contributed by atoms with Crippen LogP contribution in [0, 0.1) is 0 Å². The summed E-state index contributed by atoms with van der Waals surface area (Å²) in [7, 11) is 0. The Hall–Kier alpha value is -0.720. The molecular weight excluding hydrogens is 278 g/mol. The normalized spacial score (nSPS) is 9.80. The first kappa shape index (κ1) is 12.4. The topological polar surface area (TPSA) is 51.4 Å². The van der Waals surface area contributed by atoms with E-state index in [4.69, 9.17) is 22.7 Å². The van der Waals surface area contributed by atoms with Gasteiger partial charge in [-0.2, -0.15) is 0 Å². The zero-order valence-corrected chi connectivity index (χ0v) is 10.7. The molecule has 2 N–H and O–H groups in total. The van der Waals surface area contributed by atoms with E-state index in [0.29, 0.717) is 17.6 Å². The van der Waals surface area contributed by atoms with Crippen LogP contribution in [0.4, 0.5) is 5.82 Å². The van der Waals surface area contributed by atoms with Crippen molar-refractivity contribution in [3.63, 3.8) is 0 Å². The zero-order valence-electron chi connectivity index (χ0n) is 8.31. The predicted octanol–water partition coefficient (Wildman–Crippen LogP) is 1.89. The molecule has 1 aromatic heterocycles. The number of thiocarbonyl (C=S) groups is 1. The van der Waals surface area contributed by atoms with Gasteiger partial charge in [0.2, 0.25) is 0 Å². The third-order valence-electron chi connectivity index (χ3n) is 1.67. The highest BCUT2D eigenvalue weighted by molar-refractivity contribution is 9.10. The molecule has 0 aromatic carbocycles. The molecule has 82 valence electrons. The Labute approximate surface area is 103 Å². The van der Waals surface area contributed by atoms with Crippen molar-refractivity contribution in [3.8, 4) is 0 Å². The molecular formula is C9H12BrN3OS. The first-order valence-electron chi connectivity index (χ1n) is 4.45. The maximum atomic E-state index is 5.60. The van der Waals surface area contributed by atoms with Crippen molar-refractivity contribution >= 4 is 39.1 Å². The van der Waals surface area contributed by atoms with Crippen LogP contribution in [-0.2, 0) is 4.74 Å². The van der Waals surface area contributed by atoms with Crippen LogP contribution >= 0.6 is 28.1 Å². The minimum atomic E-state index is 0.231. The number of pyridine rings is 1. The van der Waals surface area contributed by atoms with Gasteiger partial charge in [0.1, 0.15) is 0 Å². The van der Waals surface area contributed by atoms with Gasteiger partial charge in [0.25, 0.3) is 5.17 Å². The summed E-state index contributed by atoms with van der Waals surface area (Å²) in [4.78, 5) is 5.81. The van der Waals surface area contributed by atoms with Crippen molar-refractivity contribution in [1.82, 2.24) is 4.98 Å². The molecule has 0 saturated heterocycles. The summed E-state index contributed by atoms with van der Waals surface area (Å²) in [6.45, 7) is 2.61. The minimum Gasteiger partial charge on any atom is -0.471 e. The number of aromatic nitrogens is 1. The standard InChI is InChI=1S/C9H12BrN3OS/c1-2-14-9(15)13(6-11)8-7(10)4-3-5-12-8/h3-5H,2,6,11H2,1H3. The molecule has 1 rings (SSSR count). The highest BCUT2D eigenvalue weighted by atomic mass is 79.9. The van der Waals surface area contributed by atoms with Gasteiger partial charge in [0, 0.05) is 6.20 Å². The lowest BCUT2D eigenvalue weighted by Crippen LogP contribution is -2.37. The van der Waals surface area contributed by atoms with Crippen molar-refractivity contribution < 1.29 is 4.74 Å². The average Bonchev–Trinajstić information content (AvgIpc) is 2.22. The van der Waals surface area contributed by atoms with Gasteiger partial charge in [0.05, 0.1) is 17.7 Å². The molecule has 0 aliphatic rings. The van der Waals surface area contributed by atoms with Crippen LogP contribution in [0.1, 0.15) is 6.92 Å². The smallest absolute Gasteiger partial charge is 0.266 e. The van der Waals surface area contributed by atoms with Gasteiger partial charge in [-0.1, -0.05) is 0 Å². The average molecular weight is 290 g/mol. The van der Waals surface area contributed by atoms with Crippen molar-refractivity contribution in [2.24, 2.45) is 5.73 Å². The summed E-state index contributed by atoms with van der Waals surface area (Å²) in [6.07, 6.45) is 1.68. The number of hydrogen-bond acceptors (Lipinski definition) is 4. The molecule has 0 fully saturated rings. The Morgan fingerprint density at radius 3 is 3.00 bits per heavy atom. The molecule has 0 bridgehead atoms. The summed E-state index contributed by atoms with van der Waals surface area (Å²) < 4.78 is 6.05. The molecule has 1 aromatic rings. The van der Waals surface area contributed by atoms with E-state index >= 15 is 0 Å². The Kier molecular flexibility index (Phi) is 4.93. The second-order valence-corrected chi connectivity index (χ2v) is 3.82. The Morgan fingerprint density at radius 1 is 1.73 bits per heavy atom. The number of hydrogen-bond donors (Lipinski definition) is 1. The van der Waals surface area contributed by atoms with Crippen LogP contribution in [0.2, 0.25) is 0 Å². The molecule has 1 heterocycles. The van der Waals surface area contributed by atoms with Crippen molar-refractivity contribution in [2.45, 2.75) is 6.92 Å². The van der Waals surface area contributed by atoms with Crippen LogP contribution in [0.3, 0.4) is 0 Å². The maximum Gasteiger partial charge on any atom is 0.266 e. The second-order valence-electron chi connectivity index (χ2n) is 2.62. The fourth-order valence-corrected chi connectivity index (χ4v) is 1.77. The maximum absolute atomic E-state index is 5.60. The van der Waals surface area contributed by atoms with E-state index in [1.54, 1.807) is 11.1 Å². The number of halogens is 1. The van der Waals surface area contributed by atoms with E-state index < -0.39 is 0 Å². The molecule has 4 nitrogen and oxygen atoms in total. The monoisotopic (exact) mass is 289 g/mol. The Balaban J connectivity index is 2.92. The largest absolute Gasteiger partial charge is 0.471 e. The molecule has 0 aliphatic carbocycles. The molecule has 15 heavy (non-hydrogen) atoms. The number of rotatable bonds is 3. The predicted molar refractivity (Wildman–Crippen MR) is 67.7 cm³/mol. The lowest BCUT2D eigenvalue weighted by molar-refractivity contribution is 0.327. The first-order chi connectivity index (χ1) is 7.20. The summed E-state index contributed by atoms with van der Waals surface area (Å²) in [5.74, 6) is 0.665. The molecule has 0 atom stereocenters. The summed E-state index contributed by atoms with van der Waals surface area (Å²) in [5.41, 5.74) is 5.60. The summed E-state index contributed by atoms with van der Waals surface area (Å²) >= 11 is 8.46. The van der Waals surface area contributed by atoms with Crippen LogP contribution in [0.15, 0.2) is 22.8 Å². The van der Waals surface area contributed by atoms with E-state index in [-0.39, 0.29) is 6.67 Å². The number of nitrogens with zero attached hydrogens (tertiary/aromatic N) is 2. The van der Waals surface area contributed by atoms with Gasteiger partial charge in [-0.05, 0) is 47.2 Å². The van der Waals surface area contributed by atoms with Crippen LogP contribution < -0.4 is 10.6 Å². The van der Waals surface area contributed by atoms with Crippen molar-refractivity contribution in [3.05, 3.63) is 22.8 Å². The van der Waals surface area contributed by atoms with E-state index in [0.717, 1.165) is 4.47 Å². The number of nitrogens with two attached hydrogens (primary N) is 1. The zero-order chi connectivity index (χ0) is 11.3. The number of ether oxygens (including phenoxy) is 1. The van der Waals surface area contributed by atoms with E-state index in [1.165, 1.54) is 0 Å². The lowest BCUT2D eigenvalue weighted by Gasteiger charge is -2.22. The molecule has 0 saturated carbocycles. The SMILES string of the molecule is CCOC(=S)N(CN)c1ncccc1Br. The minimum absolute atomic E-state index is 0.231. The van der Waals surface area contributed by atoms with Crippen molar-refractivity contribution in [2.75, 3.05) is 18.2 Å². The van der Waals surface area contributed by atoms with Crippen LogP contribution in [0.5, 0.6) is 0 Å². The summed E-state index contributed by atoms with van der Waals surface area (Å²) in [6, 6.07) is 3.70. The van der Waals surface area contributed by atoms with Gasteiger partial charge in [-0.3, -0.25) is 4.90 Å². The third kappa shape index (κ3) is 3.12. The fourth-order valence-electron chi connectivity index (χ4n) is 1.02. The van der Waals surface area contributed by atoms with Crippen LogP contribution in [-0.4, -0.2) is 23.4 Å². The fraction of sp³-hybridized carbons (Fsp3) is 0.333. The van der Waals surface area contributed by atoms with E-state index in [1.807, 2.05) is 19.1 Å². The third-order valence-corrected chi connectivity index (χ3v) is 2.62. The van der Waals surface area contributed by atoms with Gasteiger partial charge in [-0.15, -0.1) is 0 Å². The van der Waals surface area contributed by atoms with E-state index in [2.05, 4.69) is 20.9 Å². The molecule has 0 aliphatic heterocycles. The second kappa shape index (κ2) is 5.99. The lowest BCUT2D eigenvalue weighted by atomic mass is 10.4. The molecule has 0 radical (unpaired) electrons. The van der Waals surface area contributed by atoms with Gasteiger partial charge >= 0.3 is 0 Å². The molecule has 0 spiro atoms. The van der Waals surface area contributed by atoms with Gasteiger partial charge < -0.3 is 10.5 Å². The van der Waals surface area contributed by atoms with Crippen molar-refractivity contribution in [1.29, 1.82) is 0 Å². The highest BCUT2D eigenvalue weighted by Crippen LogP contribution is 2.22. The van der Waals surface area contributed by atoms with E-state index in [9.17, 15) is 0 Å². The summed E-state index contributed by atoms with van der Waals surface area (Å²) in [5, 5.41) is 0.333.